The number of nitrogens with one attached hydrogen (secondary N) is 1. The van der Waals surface area contributed by atoms with Crippen LogP contribution in [0.5, 0.6) is 0 Å². The summed E-state index contributed by atoms with van der Waals surface area (Å²) in [5, 5.41) is 28.7. The van der Waals surface area contributed by atoms with Gasteiger partial charge >= 0.3 is 0 Å². The van der Waals surface area contributed by atoms with E-state index in [0.717, 1.165) is 6.07 Å². The molecule has 8 nitrogen and oxygen atoms in total. The van der Waals surface area contributed by atoms with Crippen LogP contribution in [-0.4, -0.2) is 15.2 Å². The minimum atomic E-state index is -0.931. The molecule has 0 spiro atoms. The highest BCUT2D eigenvalue weighted by molar-refractivity contribution is 5.86. The van der Waals surface area contributed by atoms with Crippen molar-refractivity contribution in [1.29, 1.82) is 5.26 Å². The van der Waals surface area contributed by atoms with E-state index in [4.69, 9.17) is 10.5 Å². The van der Waals surface area contributed by atoms with Gasteiger partial charge in [0.05, 0.1) is 27.8 Å². The average molecular weight is 304 g/mol. The number of pyridine rings is 1. The Morgan fingerprint density at radius 1 is 1.50 bits per heavy atom. The summed E-state index contributed by atoms with van der Waals surface area (Å²) < 4.78 is 14.0. The van der Waals surface area contributed by atoms with Crippen LogP contribution in [-0.2, 0) is 4.99 Å². The van der Waals surface area contributed by atoms with E-state index in [1.54, 1.807) is 13.0 Å². The van der Waals surface area contributed by atoms with Gasteiger partial charge in [0.2, 0.25) is 5.95 Å². The summed E-state index contributed by atoms with van der Waals surface area (Å²) in [5.74, 6) is -0.931. The minimum Gasteiger partial charge on any atom is -0.258 e. The molecular formula is C13H9FN4O4. The number of nitro groups is 1. The highest BCUT2D eigenvalue weighted by Crippen LogP contribution is 2.39. The summed E-state index contributed by atoms with van der Waals surface area (Å²) in [7, 11) is 0. The first kappa shape index (κ1) is 15.3. The zero-order chi connectivity index (χ0) is 16.3. The molecule has 1 heterocycles. The number of halogens is 1. The lowest BCUT2D eigenvalue weighted by atomic mass is 9.99. The Morgan fingerprint density at radius 2 is 2.23 bits per heavy atom. The Labute approximate surface area is 123 Å². The third kappa shape index (κ3) is 2.83. The van der Waals surface area contributed by atoms with E-state index in [2.05, 4.69) is 9.97 Å². The highest BCUT2D eigenvalue weighted by atomic mass is 19.1. The number of nitrogens with zero attached hydrogens (tertiary/aromatic N) is 3. The third-order valence-electron chi connectivity index (χ3n) is 2.84. The Morgan fingerprint density at radius 3 is 2.82 bits per heavy atom. The second-order valence-electron chi connectivity index (χ2n) is 4.33. The SMILES string of the molecule is Cc1cnc(F)c(-c2c(NOO)cc(C#N)cc2[N+](=O)[O-])c1. The Balaban J connectivity index is 2.85. The van der Waals surface area contributed by atoms with Crippen molar-refractivity contribution in [3.05, 3.63) is 51.6 Å². The molecule has 0 fully saturated rings. The first-order valence-corrected chi connectivity index (χ1v) is 5.89. The van der Waals surface area contributed by atoms with Crippen LogP contribution in [0.15, 0.2) is 24.4 Å². The average Bonchev–Trinajstić information content (AvgIpc) is 2.49. The van der Waals surface area contributed by atoms with E-state index in [1.807, 2.05) is 5.48 Å². The van der Waals surface area contributed by atoms with Gasteiger partial charge in [-0.05, 0) is 24.6 Å². The van der Waals surface area contributed by atoms with Crippen LogP contribution in [0.4, 0.5) is 15.8 Å². The monoisotopic (exact) mass is 304 g/mol. The van der Waals surface area contributed by atoms with Crippen molar-refractivity contribution >= 4 is 11.4 Å². The van der Waals surface area contributed by atoms with Gasteiger partial charge in [-0.15, -0.1) is 4.99 Å². The van der Waals surface area contributed by atoms with Gasteiger partial charge < -0.3 is 0 Å². The van der Waals surface area contributed by atoms with E-state index >= 15 is 0 Å². The molecule has 0 bridgehead atoms. The topological polar surface area (TPSA) is 121 Å². The van der Waals surface area contributed by atoms with Gasteiger partial charge in [0.15, 0.2) is 0 Å². The van der Waals surface area contributed by atoms with E-state index < -0.39 is 16.6 Å². The van der Waals surface area contributed by atoms with Gasteiger partial charge in [-0.3, -0.25) is 10.1 Å². The van der Waals surface area contributed by atoms with E-state index in [0.29, 0.717) is 5.56 Å². The van der Waals surface area contributed by atoms with Gasteiger partial charge in [-0.25, -0.2) is 15.7 Å². The van der Waals surface area contributed by atoms with Crippen LogP contribution in [0, 0.1) is 34.3 Å². The Bertz CT molecular complexity index is 788. The van der Waals surface area contributed by atoms with Crippen LogP contribution < -0.4 is 5.48 Å². The van der Waals surface area contributed by atoms with Gasteiger partial charge in [0, 0.05) is 17.8 Å². The molecule has 112 valence electrons. The van der Waals surface area contributed by atoms with Crippen molar-refractivity contribution in [3.63, 3.8) is 0 Å². The zero-order valence-corrected chi connectivity index (χ0v) is 11.2. The molecular weight excluding hydrogens is 295 g/mol. The summed E-state index contributed by atoms with van der Waals surface area (Å²) in [5.41, 5.74) is 1.51. The fraction of sp³-hybridized carbons (Fsp3) is 0.0769. The molecule has 9 heteroatoms. The lowest BCUT2D eigenvalue weighted by molar-refractivity contribution is -0.384. The quantitative estimate of drug-likeness (QED) is 0.385. The van der Waals surface area contributed by atoms with Gasteiger partial charge in [0.25, 0.3) is 5.69 Å². The molecule has 22 heavy (non-hydrogen) atoms. The maximum atomic E-state index is 14.0. The van der Waals surface area contributed by atoms with E-state index in [-0.39, 0.29) is 22.4 Å². The molecule has 2 N–H and O–H groups in total. The Hall–Kier alpha value is -3.09. The molecule has 0 saturated heterocycles. The first-order chi connectivity index (χ1) is 10.5. The van der Waals surface area contributed by atoms with Crippen molar-refractivity contribution in [3.8, 4) is 17.2 Å². The molecule has 0 atom stereocenters. The number of benzene rings is 1. The van der Waals surface area contributed by atoms with Gasteiger partial charge in [0.1, 0.15) is 0 Å². The molecule has 0 aliphatic rings. The summed E-state index contributed by atoms with van der Waals surface area (Å²) in [6.45, 7) is 1.64. The normalized spacial score (nSPS) is 10.1. The number of rotatable bonds is 4. The maximum absolute atomic E-state index is 14.0. The largest absolute Gasteiger partial charge is 0.280 e. The number of aryl methyl sites for hydroxylation is 1. The van der Waals surface area contributed by atoms with Crippen LogP contribution in [0.25, 0.3) is 11.1 Å². The smallest absolute Gasteiger partial charge is 0.258 e. The van der Waals surface area contributed by atoms with Crippen molar-refractivity contribution in [1.82, 2.24) is 4.98 Å². The molecule has 2 aromatic rings. The lowest BCUT2D eigenvalue weighted by Gasteiger charge is -2.11. The zero-order valence-electron chi connectivity index (χ0n) is 11.2. The van der Waals surface area contributed by atoms with E-state index in [1.165, 1.54) is 18.3 Å². The van der Waals surface area contributed by atoms with Crippen LogP contribution in [0.1, 0.15) is 11.1 Å². The number of hydrogen-bond donors (Lipinski definition) is 2. The predicted octanol–water partition coefficient (Wildman–Crippen LogP) is 2.79. The summed E-state index contributed by atoms with van der Waals surface area (Å²) in [4.78, 5) is 17.8. The van der Waals surface area contributed by atoms with Crippen molar-refractivity contribution in [2.24, 2.45) is 0 Å². The van der Waals surface area contributed by atoms with Crippen LogP contribution in [0.3, 0.4) is 0 Å². The summed E-state index contributed by atoms with van der Waals surface area (Å²) in [6.07, 6.45) is 1.27. The highest BCUT2D eigenvalue weighted by Gasteiger charge is 2.24. The fourth-order valence-corrected chi connectivity index (χ4v) is 1.98. The molecule has 2 rings (SSSR count). The molecule has 0 amide bonds. The lowest BCUT2D eigenvalue weighted by Crippen LogP contribution is -2.04. The molecule has 1 aromatic carbocycles. The number of anilines is 1. The second-order valence-corrected chi connectivity index (χ2v) is 4.33. The standard InChI is InChI=1S/C13H9FN4O4/c1-7-2-9(13(14)16-6-7)12-10(17-22-21)3-8(5-15)4-11(12)18(19)20/h2-4,6,17,21H,1H3. The second kappa shape index (κ2) is 6.13. The number of nitro benzene ring substituents is 1. The van der Waals surface area contributed by atoms with Crippen molar-refractivity contribution in [2.45, 2.75) is 6.92 Å². The summed E-state index contributed by atoms with van der Waals surface area (Å²) in [6, 6.07) is 5.28. The van der Waals surface area contributed by atoms with Crippen molar-refractivity contribution in [2.75, 3.05) is 5.48 Å². The molecule has 1 aromatic heterocycles. The molecule has 0 saturated carbocycles. The third-order valence-corrected chi connectivity index (χ3v) is 2.84. The predicted molar refractivity (Wildman–Crippen MR) is 73.1 cm³/mol. The maximum Gasteiger partial charge on any atom is 0.280 e. The minimum absolute atomic E-state index is 0.0592. The first-order valence-electron chi connectivity index (χ1n) is 5.89. The molecule has 0 aliphatic heterocycles. The van der Waals surface area contributed by atoms with Gasteiger partial charge in [-0.1, -0.05) is 0 Å². The van der Waals surface area contributed by atoms with Gasteiger partial charge in [-0.2, -0.15) is 9.65 Å². The van der Waals surface area contributed by atoms with Crippen molar-refractivity contribution < 1.29 is 19.6 Å². The number of hydrogen-bond acceptors (Lipinski definition) is 7. The Kier molecular flexibility index (Phi) is 4.26. The van der Waals surface area contributed by atoms with Crippen LogP contribution in [0.2, 0.25) is 0 Å². The van der Waals surface area contributed by atoms with Crippen LogP contribution >= 0.6 is 0 Å². The molecule has 0 radical (unpaired) electrons. The fourth-order valence-electron chi connectivity index (χ4n) is 1.98. The molecule has 0 unspecified atom stereocenters. The van der Waals surface area contributed by atoms with E-state index in [9.17, 15) is 14.5 Å². The summed E-state index contributed by atoms with van der Waals surface area (Å²) >= 11 is 0. The number of nitriles is 1. The molecule has 0 aliphatic carbocycles. The number of aromatic nitrogens is 1.